The van der Waals surface area contributed by atoms with E-state index in [4.69, 9.17) is 4.74 Å². The highest BCUT2D eigenvalue weighted by atomic mass is 16.5. The average molecular weight is 246 g/mol. The van der Waals surface area contributed by atoms with Crippen molar-refractivity contribution >= 4 is 11.4 Å². The molecule has 2 aliphatic heterocycles. The molecule has 1 fully saturated rings. The van der Waals surface area contributed by atoms with Crippen molar-refractivity contribution in [3.05, 3.63) is 23.8 Å². The number of nitrogens with one attached hydrogen (secondary N) is 1. The Balaban J connectivity index is 1.79. The van der Waals surface area contributed by atoms with Gasteiger partial charge in [0.1, 0.15) is 0 Å². The number of aryl methyl sites for hydroxylation is 1. The van der Waals surface area contributed by atoms with Crippen LogP contribution in [-0.4, -0.2) is 32.8 Å². The number of hydrogen-bond donors (Lipinski definition) is 1. The van der Waals surface area contributed by atoms with Crippen LogP contribution < -0.4 is 10.2 Å². The smallest absolute Gasteiger partial charge is 0.0746 e. The van der Waals surface area contributed by atoms with Gasteiger partial charge in [0.15, 0.2) is 0 Å². The van der Waals surface area contributed by atoms with Crippen LogP contribution in [0.1, 0.15) is 24.8 Å². The largest absolute Gasteiger partial charge is 0.385 e. The van der Waals surface area contributed by atoms with Gasteiger partial charge in [0.25, 0.3) is 0 Å². The molecule has 3 heteroatoms. The Morgan fingerprint density at radius 3 is 3.17 bits per heavy atom. The molecule has 18 heavy (non-hydrogen) atoms. The highest BCUT2D eigenvalue weighted by Crippen LogP contribution is 2.29. The Kier molecular flexibility index (Phi) is 3.41. The van der Waals surface area contributed by atoms with Crippen LogP contribution in [0, 0.1) is 0 Å². The summed E-state index contributed by atoms with van der Waals surface area (Å²) < 4.78 is 5.50. The molecule has 0 radical (unpaired) electrons. The molecule has 0 saturated carbocycles. The zero-order valence-corrected chi connectivity index (χ0v) is 11.1. The van der Waals surface area contributed by atoms with Crippen molar-refractivity contribution in [1.29, 1.82) is 0 Å². The summed E-state index contributed by atoms with van der Waals surface area (Å²) in [7, 11) is 1.82. The summed E-state index contributed by atoms with van der Waals surface area (Å²) in [5.41, 5.74) is 4.13. The fourth-order valence-corrected chi connectivity index (χ4v) is 3.01. The van der Waals surface area contributed by atoms with Gasteiger partial charge in [-0.25, -0.2) is 0 Å². The molecule has 0 spiro atoms. The van der Waals surface area contributed by atoms with Gasteiger partial charge in [-0.3, -0.25) is 0 Å². The van der Waals surface area contributed by atoms with E-state index in [0.717, 1.165) is 19.6 Å². The first-order valence-corrected chi connectivity index (χ1v) is 7.01. The topological polar surface area (TPSA) is 24.5 Å². The highest BCUT2D eigenvalue weighted by Gasteiger charge is 2.20. The van der Waals surface area contributed by atoms with E-state index < -0.39 is 0 Å². The summed E-state index contributed by atoms with van der Waals surface area (Å²) in [4.78, 5) is 2.45. The highest BCUT2D eigenvalue weighted by molar-refractivity contribution is 5.63. The molecule has 0 aliphatic carbocycles. The van der Waals surface area contributed by atoms with Crippen molar-refractivity contribution in [2.24, 2.45) is 0 Å². The molecule has 1 aromatic rings. The van der Waals surface area contributed by atoms with E-state index in [1.54, 1.807) is 0 Å². The molecule has 2 heterocycles. The summed E-state index contributed by atoms with van der Waals surface area (Å²) in [6.07, 6.45) is 5.27. The molecule has 3 rings (SSSR count). The van der Waals surface area contributed by atoms with Crippen molar-refractivity contribution in [2.75, 3.05) is 37.0 Å². The first-order chi connectivity index (χ1) is 8.86. The minimum absolute atomic E-state index is 0.391. The SMILES string of the molecule is COC1CCCN(c2ccc3c(c2)NCCC3)C1. The second-order valence-electron chi connectivity index (χ2n) is 5.32. The first-order valence-electron chi connectivity index (χ1n) is 7.01. The minimum atomic E-state index is 0.391. The summed E-state index contributed by atoms with van der Waals surface area (Å²) >= 11 is 0. The number of anilines is 2. The lowest BCUT2D eigenvalue weighted by molar-refractivity contribution is 0.0893. The number of benzene rings is 1. The van der Waals surface area contributed by atoms with E-state index in [9.17, 15) is 0 Å². The second-order valence-corrected chi connectivity index (χ2v) is 5.32. The van der Waals surface area contributed by atoms with Crippen LogP contribution in [0.15, 0.2) is 18.2 Å². The molecule has 0 aromatic heterocycles. The van der Waals surface area contributed by atoms with Crippen LogP contribution in [0.2, 0.25) is 0 Å². The maximum atomic E-state index is 5.50. The minimum Gasteiger partial charge on any atom is -0.385 e. The summed E-state index contributed by atoms with van der Waals surface area (Å²) in [5, 5.41) is 3.51. The zero-order valence-electron chi connectivity index (χ0n) is 11.1. The number of piperidine rings is 1. The predicted octanol–water partition coefficient (Wildman–Crippen LogP) is 2.66. The first kappa shape index (κ1) is 11.8. The summed E-state index contributed by atoms with van der Waals surface area (Å²) in [6, 6.07) is 6.86. The van der Waals surface area contributed by atoms with E-state index in [1.165, 1.54) is 42.6 Å². The number of hydrogen-bond acceptors (Lipinski definition) is 3. The van der Waals surface area contributed by atoms with Gasteiger partial charge >= 0.3 is 0 Å². The lowest BCUT2D eigenvalue weighted by Gasteiger charge is -2.34. The standard InChI is InChI=1S/C15H22N2O/c1-18-14-5-3-9-17(11-14)13-7-6-12-4-2-8-16-15(12)10-13/h6-7,10,14,16H,2-5,8-9,11H2,1H3. The Morgan fingerprint density at radius 1 is 1.33 bits per heavy atom. The molecule has 3 nitrogen and oxygen atoms in total. The van der Waals surface area contributed by atoms with Crippen molar-refractivity contribution < 1.29 is 4.74 Å². The maximum absolute atomic E-state index is 5.50. The monoisotopic (exact) mass is 246 g/mol. The van der Waals surface area contributed by atoms with E-state index in [1.807, 2.05) is 7.11 Å². The molecular weight excluding hydrogens is 224 g/mol. The number of fused-ring (bicyclic) bond motifs is 1. The van der Waals surface area contributed by atoms with Crippen molar-refractivity contribution in [3.63, 3.8) is 0 Å². The Bertz CT molecular complexity index is 419. The van der Waals surface area contributed by atoms with E-state index >= 15 is 0 Å². The van der Waals surface area contributed by atoms with Gasteiger partial charge in [-0.05, 0) is 43.4 Å². The van der Waals surface area contributed by atoms with Crippen LogP contribution >= 0.6 is 0 Å². The Labute approximate surface area is 109 Å². The molecule has 1 unspecified atom stereocenters. The van der Waals surface area contributed by atoms with Gasteiger partial charge in [0.2, 0.25) is 0 Å². The quantitative estimate of drug-likeness (QED) is 0.868. The van der Waals surface area contributed by atoms with Crippen molar-refractivity contribution in [2.45, 2.75) is 31.8 Å². The van der Waals surface area contributed by atoms with E-state index in [2.05, 4.69) is 28.4 Å². The van der Waals surface area contributed by atoms with E-state index in [-0.39, 0.29) is 0 Å². The molecule has 1 aromatic carbocycles. The molecule has 1 saturated heterocycles. The third-order valence-corrected chi connectivity index (χ3v) is 4.11. The number of rotatable bonds is 2. The van der Waals surface area contributed by atoms with Gasteiger partial charge < -0.3 is 15.0 Å². The van der Waals surface area contributed by atoms with Gasteiger partial charge in [-0.2, -0.15) is 0 Å². The molecule has 1 N–H and O–H groups in total. The molecule has 0 amide bonds. The number of ether oxygens (including phenoxy) is 1. The van der Waals surface area contributed by atoms with Crippen LogP contribution in [0.5, 0.6) is 0 Å². The van der Waals surface area contributed by atoms with Gasteiger partial charge in [0, 0.05) is 38.1 Å². The van der Waals surface area contributed by atoms with Crippen LogP contribution in [0.4, 0.5) is 11.4 Å². The van der Waals surface area contributed by atoms with Crippen LogP contribution in [0.25, 0.3) is 0 Å². The Hall–Kier alpha value is -1.22. The predicted molar refractivity (Wildman–Crippen MR) is 75.5 cm³/mol. The third-order valence-electron chi connectivity index (χ3n) is 4.11. The summed E-state index contributed by atoms with van der Waals surface area (Å²) in [6.45, 7) is 3.28. The molecule has 0 bridgehead atoms. The third kappa shape index (κ3) is 2.32. The number of methoxy groups -OCH3 is 1. The average Bonchev–Trinajstić information content (AvgIpc) is 2.47. The Morgan fingerprint density at radius 2 is 2.28 bits per heavy atom. The maximum Gasteiger partial charge on any atom is 0.0746 e. The fraction of sp³-hybridized carbons (Fsp3) is 0.600. The van der Waals surface area contributed by atoms with Gasteiger partial charge in [-0.1, -0.05) is 6.07 Å². The van der Waals surface area contributed by atoms with Crippen molar-refractivity contribution in [3.8, 4) is 0 Å². The molecule has 2 aliphatic rings. The van der Waals surface area contributed by atoms with Crippen LogP contribution in [-0.2, 0) is 11.2 Å². The summed E-state index contributed by atoms with van der Waals surface area (Å²) in [5.74, 6) is 0. The van der Waals surface area contributed by atoms with Crippen molar-refractivity contribution in [1.82, 2.24) is 0 Å². The zero-order chi connectivity index (χ0) is 12.4. The molecule has 1 atom stereocenters. The lowest BCUT2D eigenvalue weighted by atomic mass is 10.0. The second kappa shape index (κ2) is 5.19. The van der Waals surface area contributed by atoms with Gasteiger partial charge in [-0.15, -0.1) is 0 Å². The molecule has 98 valence electrons. The normalized spacial score (nSPS) is 23.4. The number of nitrogens with zero attached hydrogens (tertiary/aromatic N) is 1. The van der Waals surface area contributed by atoms with E-state index in [0.29, 0.717) is 6.10 Å². The molecular formula is C15H22N2O. The van der Waals surface area contributed by atoms with Gasteiger partial charge in [0.05, 0.1) is 6.10 Å². The fourth-order valence-electron chi connectivity index (χ4n) is 3.01. The lowest BCUT2D eigenvalue weighted by Crippen LogP contribution is -2.39. The van der Waals surface area contributed by atoms with Crippen LogP contribution in [0.3, 0.4) is 0 Å².